The van der Waals surface area contributed by atoms with Gasteiger partial charge in [0.25, 0.3) is 0 Å². The molecule has 0 atom stereocenters. The first-order valence-corrected chi connectivity index (χ1v) is 8.59. The fourth-order valence-electron chi connectivity index (χ4n) is 1.13. The number of hydrogen-bond donors (Lipinski definition) is 1. The summed E-state index contributed by atoms with van der Waals surface area (Å²) in [6.45, 7) is 13.2. The van der Waals surface area contributed by atoms with E-state index in [1.165, 1.54) is 0 Å². The highest BCUT2D eigenvalue weighted by Gasteiger charge is 2.38. The molecule has 0 saturated carbocycles. The number of nitrogens with two attached hydrogens (primary N) is 1. The van der Waals surface area contributed by atoms with Crippen molar-refractivity contribution in [2.75, 3.05) is 5.73 Å². The summed E-state index contributed by atoms with van der Waals surface area (Å²) < 4.78 is 6.16. The second-order valence-corrected chi connectivity index (χ2v) is 10.6. The lowest BCUT2D eigenvalue weighted by atomic mass is 10.2. The van der Waals surface area contributed by atoms with Gasteiger partial charge in [-0.25, -0.2) is 0 Å². The molecule has 16 heavy (non-hydrogen) atoms. The van der Waals surface area contributed by atoms with Gasteiger partial charge in [0.05, 0.1) is 0 Å². The largest absolute Gasteiger partial charge is 0.543 e. The van der Waals surface area contributed by atoms with Crippen LogP contribution in [0, 0.1) is 6.92 Å². The highest BCUT2D eigenvalue weighted by molar-refractivity contribution is 6.74. The highest BCUT2D eigenvalue weighted by Crippen LogP contribution is 2.37. The van der Waals surface area contributed by atoms with Gasteiger partial charge in [-0.3, -0.25) is 0 Å². The van der Waals surface area contributed by atoms with Crippen molar-refractivity contribution < 1.29 is 4.43 Å². The van der Waals surface area contributed by atoms with Gasteiger partial charge in [0.15, 0.2) is 0 Å². The predicted octanol–water partition coefficient (Wildman–Crippen LogP) is 3.96. The number of aryl methyl sites for hydroxylation is 1. The maximum absolute atomic E-state index is 6.16. The maximum Gasteiger partial charge on any atom is 0.250 e. The summed E-state index contributed by atoms with van der Waals surface area (Å²) in [5.74, 6) is 0.898. The van der Waals surface area contributed by atoms with Crippen LogP contribution in [0.2, 0.25) is 18.1 Å². The Morgan fingerprint density at radius 2 is 1.75 bits per heavy atom. The topological polar surface area (TPSA) is 35.2 Å². The van der Waals surface area contributed by atoms with E-state index in [9.17, 15) is 0 Å². The molecule has 0 fully saturated rings. The minimum absolute atomic E-state index is 0.215. The zero-order valence-electron chi connectivity index (χ0n) is 11.2. The van der Waals surface area contributed by atoms with E-state index in [0.29, 0.717) is 0 Å². The van der Waals surface area contributed by atoms with E-state index in [-0.39, 0.29) is 5.04 Å². The molecule has 0 amide bonds. The molecule has 2 N–H and O–H groups in total. The van der Waals surface area contributed by atoms with E-state index in [1.807, 2.05) is 25.1 Å². The Labute approximate surface area is 99.9 Å². The fraction of sp³-hybridized carbons (Fsp3) is 0.538. The van der Waals surface area contributed by atoms with Crippen LogP contribution in [0.1, 0.15) is 26.3 Å². The monoisotopic (exact) mass is 237 g/mol. The van der Waals surface area contributed by atoms with Gasteiger partial charge in [0.1, 0.15) is 5.75 Å². The summed E-state index contributed by atoms with van der Waals surface area (Å²) >= 11 is 0. The predicted molar refractivity (Wildman–Crippen MR) is 73.4 cm³/mol. The van der Waals surface area contributed by atoms with Gasteiger partial charge in [-0.05, 0) is 36.7 Å². The summed E-state index contributed by atoms with van der Waals surface area (Å²) in [4.78, 5) is 0. The summed E-state index contributed by atoms with van der Waals surface area (Å²) in [7, 11) is -1.74. The van der Waals surface area contributed by atoms with Crippen LogP contribution in [0.4, 0.5) is 5.69 Å². The molecule has 0 spiro atoms. The lowest BCUT2D eigenvalue weighted by Gasteiger charge is -2.36. The molecule has 0 bridgehead atoms. The molecular weight excluding hydrogens is 214 g/mol. The summed E-state index contributed by atoms with van der Waals surface area (Å²) in [5, 5.41) is 0.215. The third-order valence-electron chi connectivity index (χ3n) is 3.43. The molecule has 90 valence electrons. The molecule has 0 saturated heterocycles. The van der Waals surface area contributed by atoms with Crippen molar-refractivity contribution in [3.8, 4) is 5.75 Å². The Morgan fingerprint density at radius 3 is 2.19 bits per heavy atom. The van der Waals surface area contributed by atoms with Crippen LogP contribution < -0.4 is 10.2 Å². The molecule has 0 aliphatic rings. The van der Waals surface area contributed by atoms with Gasteiger partial charge in [0.2, 0.25) is 8.32 Å². The first-order valence-electron chi connectivity index (χ1n) is 5.68. The molecule has 1 aromatic carbocycles. The normalized spacial score (nSPS) is 12.6. The first-order chi connectivity index (χ1) is 7.13. The summed E-state index contributed by atoms with van der Waals surface area (Å²) in [5.41, 5.74) is 7.79. The van der Waals surface area contributed by atoms with Crippen LogP contribution in [-0.2, 0) is 0 Å². The van der Waals surface area contributed by atoms with E-state index < -0.39 is 8.32 Å². The molecule has 1 aromatic rings. The van der Waals surface area contributed by atoms with Crippen molar-refractivity contribution in [1.29, 1.82) is 0 Å². The van der Waals surface area contributed by atoms with Crippen molar-refractivity contribution in [2.45, 2.75) is 45.8 Å². The van der Waals surface area contributed by atoms with Crippen molar-refractivity contribution in [1.82, 2.24) is 0 Å². The first kappa shape index (κ1) is 13.1. The zero-order chi connectivity index (χ0) is 12.6. The van der Waals surface area contributed by atoms with Crippen LogP contribution in [0.5, 0.6) is 5.75 Å². The second kappa shape index (κ2) is 4.13. The van der Waals surface area contributed by atoms with Crippen molar-refractivity contribution in [3.63, 3.8) is 0 Å². The Balaban J connectivity index is 2.93. The summed E-state index contributed by atoms with van der Waals surface area (Å²) in [6, 6.07) is 5.94. The molecule has 3 heteroatoms. The van der Waals surface area contributed by atoms with Gasteiger partial charge in [-0.15, -0.1) is 0 Å². The SMILES string of the molecule is Cc1ccc(O[Si](C)(C)C(C)(C)C)cc1N. The Bertz CT molecular complexity index is 380. The van der Waals surface area contributed by atoms with Crippen LogP contribution >= 0.6 is 0 Å². The van der Waals surface area contributed by atoms with Gasteiger partial charge >= 0.3 is 0 Å². The smallest absolute Gasteiger partial charge is 0.250 e. The highest BCUT2D eigenvalue weighted by atomic mass is 28.4. The van der Waals surface area contributed by atoms with Gasteiger partial charge in [0, 0.05) is 11.8 Å². The van der Waals surface area contributed by atoms with Crippen molar-refractivity contribution >= 4 is 14.0 Å². The van der Waals surface area contributed by atoms with Crippen LogP contribution in [0.25, 0.3) is 0 Å². The molecule has 0 heterocycles. The van der Waals surface area contributed by atoms with E-state index in [1.54, 1.807) is 0 Å². The standard InChI is InChI=1S/C13H23NOSi/c1-10-7-8-11(9-12(10)14)15-16(5,6)13(2,3)4/h7-9H,14H2,1-6H3. The average Bonchev–Trinajstić information content (AvgIpc) is 2.09. The Hall–Kier alpha value is -0.963. The molecular formula is C13H23NOSi. The minimum Gasteiger partial charge on any atom is -0.543 e. The van der Waals surface area contributed by atoms with Crippen LogP contribution in [0.15, 0.2) is 18.2 Å². The number of benzene rings is 1. The molecule has 1 rings (SSSR count). The van der Waals surface area contributed by atoms with E-state index in [0.717, 1.165) is 17.0 Å². The molecule has 0 aromatic heterocycles. The lowest BCUT2D eigenvalue weighted by Crippen LogP contribution is -2.43. The Kier molecular flexibility index (Phi) is 3.38. The van der Waals surface area contributed by atoms with E-state index in [4.69, 9.17) is 10.2 Å². The van der Waals surface area contributed by atoms with Crippen LogP contribution in [-0.4, -0.2) is 8.32 Å². The number of anilines is 1. The van der Waals surface area contributed by atoms with Gasteiger partial charge in [-0.2, -0.15) is 0 Å². The third kappa shape index (κ3) is 2.79. The average molecular weight is 237 g/mol. The second-order valence-electron chi connectivity index (χ2n) is 5.88. The lowest BCUT2D eigenvalue weighted by molar-refractivity contribution is 0.492. The third-order valence-corrected chi connectivity index (χ3v) is 7.79. The molecule has 2 nitrogen and oxygen atoms in total. The number of rotatable bonds is 2. The van der Waals surface area contributed by atoms with Gasteiger partial charge < -0.3 is 10.2 Å². The molecule has 0 aliphatic heterocycles. The number of nitrogen functional groups attached to an aromatic ring is 1. The number of hydrogen-bond acceptors (Lipinski definition) is 2. The quantitative estimate of drug-likeness (QED) is 0.624. The van der Waals surface area contributed by atoms with Crippen molar-refractivity contribution in [2.24, 2.45) is 0 Å². The van der Waals surface area contributed by atoms with E-state index >= 15 is 0 Å². The molecule has 0 unspecified atom stereocenters. The van der Waals surface area contributed by atoms with E-state index in [2.05, 4.69) is 33.9 Å². The van der Waals surface area contributed by atoms with Gasteiger partial charge in [-0.1, -0.05) is 26.8 Å². The molecule has 0 radical (unpaired) electrons. The summed E-state index contributed by atoms with van der Waals surface area (Å²) in [6.07, 6.45) is 0. The zero-order valence-corrected chi connectivity index (χ0v) is 12.2. The fourth-order valence-corrected chi connectivity index (χ4v) is 2.15. The Morgan fingerprint density at radius 1 is 1.19 bits per heavy atom. The maximum atomic E-state index is 6.16. The minimum atomic E-state index is -1.74. The molecule has 0 aliphatic carbocycles. The van der Waals surface area contributed by atoms with Crippen molar-refractivity contribution in [3.05, 3.63) is 23.8 Å². The van der Waals surface area contributed by atoms with Crippen LogP contribution in [0.3, 0.4) is 0 Å².